The first-order valence-electron chi connectivity index (χ1n) is 6.41. The van der Waals surface area contributed by atoms with E-state index in [0.717, 1.165) is 24.8 Å². The monoisotopic (exact) mass is 364 g/mol. The summed E-state index contributed by atoms with van der Waals surface area (Å²) in [7, 11) is 0. The third kappa shape index (κ3) is 2.59. The molecule has 0 atom stereocenters. The van der Waals surface area contributed by atoms with Crippen LogP contribution in [0.2, 0.25) is 0 Å². The average molecular weight is 365 g/mol. The summed E-state index contributed by atoms with van der Waals surface area (Å²) in [5.74, 6) is -0.893. The highest BCUT2D eigenvalue weighted by Crippen LogP contribution is 2.38. The SMILES string of the molecule is N#Cc1c(NC(=O)c2cc(F)ccc2Br)sc2c1CCC2. The summed E-state index contributed by atoms with van der Waals surface area (Å²) < 4.78 is 13.8. The molecule has 6 heteroatoms. The van der Waals surface area contributed by atoms with Crippen LogP contribution in [-0.4, -0.2) is 5.91 Å². The fraction of sp³-hybridized carbons (Fsp3) is 0.200. The number of carbonyl (C=O) groups is 1. The van der Waals surface area contributed by atoms with Gasteiger partial charge in [-0.25, -0.2) is 4.39 Å². The molecule has 1 amide bonds. The molecule has 1 heterocycles. The van der Waals surface area contributed by atoms with Crippen molar-refractivity contribution in [3.05, 3.63) is 50.1 Å². The maximum atomic E-state index is 13.3. The number of benzene rings is 1. The second kappa shape index (κ2) is 5.58. The summed E-state index contributed by atoms with van der Waals surface area (Å²) in [5.41, 5.74) is 1.82. The van der Waals surface area contributed by atoms with Crippen molar-refractivity contribution >= 4 is 38.2 Å². The average Bonchev–Trinajstić information content (AvgIpc) is 3.01. The van der Waals surface area contributed by atoms with Gasteiger partial charge in [-0.15, -0.1) is 11.3 Å². The standard InChI is InChI=1S/C15H10BrFN2OS/c16-12-5-4-8(17)6-10(12)14(20)19-15-11(7-18)9-2-1-3-13(9)21-15/h4-6H,1-3H2,(H,19,20). The lowest BCUT2D eigenvalue weighted by Gasteiger charge is -2.06. The first-order valence-corrected chi connectivity index (χ1v) is 8.02. The van der Waals surface area contributed by atoms with Crippen LogP contribution in [0.25, 0.3) is 0 Å². The Labute approximate surface area is 133 Å². The van der Waals surface area contributed by atoms with E-state index in [1.54, 1.807) is 0 Å². The quantitative estimate of drug-likeness (QED) is 0.865. The number of fused-ring (bicyclic) bond motifs is 1. The fourth-order valence-corrected chi connectivity index (χ4v) is 4.11. The second-order valence-corrected chi connectivity index (χ2v) is 6.71. The summed E-state index contributed by atoms with van der Waals surface area (Å²) in [5, 5.41) is 12.6. The number of thiophene rings is 1. The lowest BCUT2D eigenvalue weighted by molar-refractivity contribution is 0.102. The minimum Gasteiger partial charge on any atom is -0.312 e. The number of nitrogens with one attached hydrogen (secondary N) is 1. The highest BCUT2D eigenvalue weighted by molar-refractivity contribution is 9.10. The van der Waals surface area contributed by atoms with E-state index >= 15 is 0 Å². The van der Waals surface area contributed by atoms with Crippen LogP contribution in [0.1, 0.15) is 32.8 Å². The molecule has 1 aliphatic carbocycles. The molecule has 2 aromatic rings. The second-order valence-electron chi connectivity index (χ2n) is 4.75. The lowest BCUT2D eigenvalue weighted by atomic mass is 10.1. The topological polar surface area (TPSA) is 52.9 Å². The van der Waals surface area contributed by atoms with E-state index in [4.69, 9.17) is 0 Å². The molecular formula is C15H10BrFN2OS. The molecule has 0 radical (unpaired) electrons. The molecule has 106 valence electrons. The predicted octanol–water partition coefficient (Wildman–Crippen LogP) is 4.26. The molecule has 0 saturated heterocycles. The van der Waals surface area contributed by atoms with Crippen molar-refractivity contribution < 1.29 is 9.18 Å². The van der Waals surface area contributed by atoms with Crippen molar-refractivity contribution in [2.45, 2.75) is 19.3 Å². The molecule has 1 aromatic heterocycles. The zero-order chi connectivity index (χ0) is 15.0. The molecule has 1 aliphatic rings. The summed E-state index contributed by atoms with van der Waals surface area (Å²) in [6.07, 6.45) is 2.89. The van der Waals surface area contributed by atoms with Gasteiger partial charge in [0, 0.05) is 9.35 Å². The highest BCUT2D eigenvalue weighted by atomic mass is 79.9. The summed E-state index contributed by atoms with van der Waals surface area (Å²) >= 11 is 4.68. The van der Waals surface area contributed by atoms with Crippen molar-refractivity contribution in [1.29, 1.82) is 5.26 Å². The van der Waals surface area contributed by atoms with Crippen LogP contribution < -0.4 is 5.32 Å². The molecule has 3 nitrogen and oxygen atoms in total. The zero-order valence-electron chi connectivity index (χ0n) is 10.9. The number of hydrogen-bond donors (Lipinski definition) is 1. The van der Waals surface area contributed by atoms with E-state index < -0.39 is 11.7 Å². The van der Waals surface area contributed by atoms with E-state index in [0.29, 0.717) is 15.0 Å². The van der Waals surface area contributed by atoms with Gasteiger partial charge in [0.1, 0.15) is 16.9 Å². The molecule has 0 bridgehead atoms. The number of aryl methyl sites for hydroxylation is 1. The summed E-state index contributed by atoms with van der Waals surface area (Å²) in [4.78, 5) is 13.4. The van der Waals surface area contributed by atoms with Gasteiger partial charge in [-0.2, -0.15) is 5.26 Å². The predicted molar refractivity (Wildman–Crippen MR) is 83.1 cm³/mol. The van der Waals surface area contributed by atoms with Crippen LogP contribution >= 0.6 is 27.3 Å². The first kappa shape index (κ1) is 14.2. The van der Waals surface area contributed by atoms with E-state index in [-0.39, 0.29) is 5.56 Å². The smallest absolute Gasteiger partial charge is 0.257 e. The van der Waals surface area contributed by atoms with E-state index in [1.807, 2.05) is 0 Å². The first-order chi connectivity index (χ1) is 10.1. The van der Waals surface area contributed by atoms with Crippen LogP contribution in [0.3, 0.4) is 0 Å². The molecule has 0 saturated carbocycles. The number of rotatable bonds is 2. The third-order valence-corrected chi connectivity index (χ3v) is 5.33. The molecule has 21 heavy (non-hydrogen) atoms. The molecule has 1 N–H and O–H groups in total. The van der Waals surface area contributed by atoms with Crippen LogP contribution in [0.5, 0.6) is 0 Å². The Morgan fingerprint density at radius 3 is 3.00 bits per heavy atom. The Bertz CT molecular complexity index is 779. The molecule has 3 rings (SSSR count). The number of nitrogens with zero attached hydrogens (tertiary/aromatic N) is 1. The Morgan fingerprint density at radius 1 is 1.43 bits per heavy atom. The van der Waals surface area contributed by atoms with Gasteiger partial charge in [0.25, 0.3) is 5.91 Å². The van der Waals surface area contributed by atoms with Crippen molar-refractivity contribution in [2.24, 2.45) is 0 Å². The van der Waals surface area contributed by atoms with Crippen molar-refractivity contribution in [3.8, 4) is 6.07 Å². The van der Waals surface area contributed by atoms with Gasteiger partial charge < -0.3 is 5.32 Å². The number of anilines is 1. The molecule has 0 fully saturated rings. The van der Waals surface area contributed by atoms with Gasteiger partial charge in [-0.1, -0.05) is 0 Å². The normalized spacial score (nSPS) is 12.8. The van der Waals surface area contributed by atoms with Gasteiger partial charge in [0.15, 0.2) is 0 Å². The minimum absolute atomic E-state index is 0.215. The Morgan fingerprint density at radius 2 is 2.24 bits per heavy atom. The van der Waals surface area contributed by atoms with E-state index in [1.165, 1.54) is 34.4 Å². The van der Waals surface area contributed by atoms with Gasteiger partial charge >= 0.3 is 0 Å². The molecule has 0 unspecified atom stereocenters. The van der Waals surface area contributed by atoms with Crippen LogP contribution in [-0.2, 0) is 12.8 Å². The maximum Gasteiger partial charge on any atom is 0.257 e. The van der Waals surface area contributed by atoms with Crippen molar-refractivity contribution in [3.63, 3.8) is 0 Å². The van der Waals surface area contributed by atoms with Gasteiger partial charge in [0.05, 0.1) is 11.1 Å². The number of nitriles is 1. The zero-order valence-corrected chi connectivity index (χ0v) is 13.3. The maximum absolute atomic E-state index is 13.3. The highest BCUT2D eigenvalue weighted by Gasteiger charge is 2.23. The molecule has 1 aromatic carbocycles. The van der Waals surface area contributed by atoms with Crippen molar-refractivity contribution in [2.75, 3.05) is 5.32 Å². The number of hydrogen-bond acceptors (Lipinski definition) is 3. The van der Waals surface area contributed by atoms with Crippen LogP contribution in [0.15, 0.2) is 22.7 Å². The molecular weight excluding hydrogens is 355 g/mol. The summed E-state index contributed by atoms with van der Waals surface area (Å²) in [6.45, 7) is 0. The number of halogens is 2. The number of amides is 1. The Kier molecular flexibility index (Phi) is 3.79. The van der Waals surface area contributed by atoms with Crippen LogP contribution in [0.4, 0.5) is 9.39 Å². The Balaban J connectivity index is 1.92. The van der Waals surface area contributed by atoms with Gasteiger partial charge in [-0.05, 0) is 59.0 Å². The summed E-state index contributed by atoms with van der Waals surface area (Å²) in [6, 6.07) is 6.11. The van der Waals surface area contributed by atoms with E-state index in [9.17, 15) is 14.4 Å². The number of carbonyl (C=O) groups excluding carboxylic acids is 1. The van der Waals surface area contributed by atoms with Gasteiger partial charge in [-0.3, -0.25) is 4.79 Å². The van der Waals surface area contributed by atoms with Gasteiger partial charge in [0.2, 0.25) is 0 Å². The lowest BCUT2D eigenvalue weighted by Crippen LogP contribution is -2.13. The largest absolute Gasteiger partial charge is 0.312 e. The Hall–Kier alpha value is -1.71. The van der Waals surface area contributed by atoms with E-state index in [2.05, 4.69) is 27.3 Å². The molecule has 0 spiro atoms. The van der Waals surface area contributed by atoms with Crippen LogP contribution in [0, 0.1) is 17.1 Å². The third-order valence-electron chi connectivity index (χ3n) is 3.43. The molecule has 0 aliphatic heterocycles. The fourth-order valence-electron chi connectivity index (χ4n) is 2.45. The minimum atomic E-state index is -0.475. The van der Waals surface area contributed by atoms with Crippen molar-refractivity contribution in [1.82, 2.24) is 0 Å².